The highest BCUT2D eigenvalue weighted by Crippen LogP contribution is 2.45. The highest BCUT2D eigenvalue weighted by atomic mass is 16.7. The number of methoxy groups -OCH3 is 6. The standard InChI is InChI=1S/C42H72O16/c1-13-23-15-25-17-29(57-39-37(49-11)35(47-9)27(45-7)21-51-39)41(3,4)32(53-25)20-34(44)56-24(14-2)16-26-18-30(42(5,6)31(54-26)19-33(43)55-23)58-40-38(50-12)36(48-10)28(46-8)22-52-40/h23-32,35-40H,13-22H2,1-12H3. The van der Waals surface area contributed by atoms with Crippen LogP contribution < -0.4 is 0 Å². The van der Waals surface area contributed by atoms with Gasteiger partial charge in [0, 0.05) is 79.2 Å². The summed E-state index contributed by atoms with van der Waals surface area (Å²) in [7, 11) is 9.62. The third-order valence-electron chi connectivity index (χ3n) is 13.3. The summed E-state index contributed by atoms with van der Waals surface area (Å²) in [5.41, 5.74) is -1.32. The molecule has 58 heavy (non-hydrogen) atoms. The van der Waals surface area contributed by atoms with Crippen LogP contribution in [-0.4, -0.2) is 166 Å². The van der Waals surface area contributed by atoms with Crippen LogP contribution in [0.2, 0.25) is 0 Å². The molecule has 16 unspecified atom stereocenters. The van der Waals surface area contributed by atoms with Crippen molar-refractivity contribution in [2.75, 3.05) is 55.9 Å². The molecule has 5 aliphatic heterocycles. The normalized spacial score (nSPS) is 42.6. The van der Waals surface area contributed by atoms with Crippen molar-refractivity contribution in [1.29, 1.82) is 0 Å². The van der Waals surface area contributed by atoms with E-state index in [0.717, 1.165) is 0 Å². The molecule has 4 bridgehead atoms. The molecule has 0 N–H and O–H groups in total. The third-order valence-corrected chi connectivity index (χ3v) is 13.3. The van der Waals surface area contributed by atoms with Crippen LogP contribution >= 0.6 is 0 Å². The predicted octanol–water partition coefficient (Wildman–Crippen LogP) is 4.14. The van der Waals surface area contributed by atoms with Crippen molar-refractivity contribution in [3.05, 3.63) is 0 Å². The van der Waals surface area contributed by atoms with Gasteiger partial charge in [-0.05, 0) is 12.8 Å². The number of esters is 2. The fourth-order valence-electron chi connectivity index (χ4n) is 9.28. The third kappa shape index (κ3) is 10.7. The lowest BCUT2D eigenvalue weighted by molar-refractivity contribution is -0.319. The van der Waals surface area contributed by atoms with Crippen LogP contribution in [0.4, 0.5) is 0 Å². The van der Waals surface area contributed by atoms with Crippen molar-refractivity contribution >= 4 is 11.9 Å². The van der Waals surface area contributed by atoms with Gasteiger partial charge in [-0.3, -0.25) is 9.59 Å². The summed E-state index contributed by atoms with van der Waals surface area (Å²) < 4.78 is 86.3. The van der Waals surface area contributed by atoms with E-state index >= 15 is 0 Å². The Hall–Kier alpha value is -1.54. The van der Waals surface area contributed by atoms with Gasteiger partial charge in [0.25, 0.3) is 0 Å². The van der Waals surface area contributed by atoms with Crippen LogP contribution in [0, 0.1) is 10.8 Å². The Bertz CT molecular complexity index is 1200. The minimum Gasteiger partial charge on any atom is -0.462 e. The van der Waals surface area contributed by atoms with Crippen LogP contribution in [-0.2, 0) is 75.9 Å². The Labute approximate surface area is 345 Å². The molecule has 0 aliphatic carbocycles. The van der Waals surface area contributed by atoms with Gasteiger partial charge in [-0.1, -0.05) is 41.5 Å². The second-order valence-electron chi connectivity index (χ2n) is 17.5. The van der Waals surface area contributed by atoms with Crippen molar-refractivity contribution in [3.63, 3.8) is 0 Å². The van der Waals surface area contributed by atoms with Crippen molar-refractivity contribution in [1.82, 2.24) is 0 Å². The molecular weight excluding hydrogens is 760 g/mol. The Morgan fingerprint density at radius 1 is 0.534 bits per heavy atom. The summed E-state index contributed by atoms with van der Waals surface area (Å²) in [6, 6.07) is 0. The van der Waals surface area contributed by atoms with Crippen LogP contribution in [0.25, 0.3) is 0 Å². The molecule has 5 rings (SSSR count). The summed E-state index contributed by atoms with van der Waals surface area (Å²) >= 11 is 0. The van der Waals surface area contributed by atoms with E-state index in [-0.39, 0.29) is 50.2 Å². The molecule has 5 saturated heterocycles. The van der Waals surface area contributed by atoms with Gasteiger partial charge in [-0.15, -0.1) is 0 Å². The Morgan fingerprint density at radius 3 is 1.21 bits per heavy atom. The first-order chi connectivity index (χ1) is 27.7. The van der Waals surface area contributed by atoms with E-state index < -0.39 is 96.7 Å². The van der Waals surface area contributed by atoms with E-state index in [4.69, 9.17) is 66.3 Å². The fourth-order valence-corrected chi connectivity index (χ4v) is 9.28. The maximum atomic E-state index is 13.9. The van der Waals surface area contributed by atoms with Crippen molar-refractivity contribution < 1.29 is 75.9 Å². The molecule has 16 atom stereocenters. The van der Waals surface area contributed by atoms with Gasteiger partial charge >= 0.3 is 11.9 Å². The minimum atomic E-state index is -0.761. The van der Waals surface area contributed by atoms with Gasteiger partial charge < -0.3 is 66.3 Å². The molecule has 5 heterocycles. The zero-order chi connectivity index (χ0) is 42.4. The predicted molar refractivity (Wildman–Crippen MR) is 207 cm³/mol. The molecule has 5 aliphatic rings. The number of rotatable bonds is 12. The monoisotopic (exact) mass is 832 g/mol. The lowest BCUT2D eigenvalue weighted by atomic mass is 9.73. The molecule has 0 amide bonds. The van der Waals surface area contributed by atoms with Crippen LogP contribution in [0.15, 0.2) is 0 Å². The van der Waals surface area contributed by atoms with Crippen LogP contribution in [0.5, 0.6) is 0 Å². The molecular formula is C42H72O16. The van der Waals surface area contributed by atoms with E-state index in [1.807, 2.05) is 41.5 Å². The van der Waals surface area contributed by atoms with E-state index in [9.17, 15) is 9.59 Å². The van der Waals surface area contributed by atoms with E-state index in [1.165, 1.54) is 0 Å². The molecule has 0 radical (unpaired) electrons. The van der Waals surface area contributed by atoms with E-state index in [2.05, 4.69) is 0 Å². The van der Waals surface area contributed by atoms with Crippen molar-refractivity contribution in [3.8, 4) is 0 Å². The second kappa shape index (κ2) is 21.0. The highest BCUT2D eigenvalue weighted by Gasteiger charge is 2.53. The molecule has 5 fully saturated rings. The molecule has 336 valence electrons. The zero-order valence-corrected chi connectivity index (χ0v) is 36.8. The van der Waals surface area contributed by atoms with Gasteiger partial charge in [-0.25, -0.2) is 0 Å². The van der Waals surface area contributed by atoms with Crippen molar-refractivity contribution in [2.45, 2.75) is 191 Å². The first-order valence-electron chi connectivity index (χ1n) is 21.1. The maximum Gasteiger partial charge on any atom is 0.308 e. The Balaban J connectivity index is 1.39. The number of fused-ring (bicyclic) bond motifs is 4. The Morgan fingerprint density at radius 2 is 0.897 bits per heavy atom. The van der Waals surface area contributed by atoms with Gasteiger partial charge in [0.1, 0.15) is 48.8 Å². The highest BCUT2D eigenvalue weighted by molar-refractivity contribution is 5.71. The summed E-state index contributed by atoms with van der Waals surface area (Å²) in [4.78, 5) is 27.8. The van der Waals surface area contributed by atoms with Crippen LogP contribution in [0.1, 0.15) is 92.9 Å². The Kier molecular flexibility index (Phi) is 17.2. The van der Waals surface area contributed by atoms with E-state index in [0.29, 0.717) is 38.5 Å². The molecule has 0 aromatic rings. The molecule has 0 saturated carbocycles. The van der Waals surface area contributed by atoms with Gasteiger partial charge in [0.15, 0.2) is 12.6 Å². The largest absolute Gasteiger partial charge is 0.462 e. The first-order valence-corrected chi connectivity index (χ1v) is 21.1. The summed E-state index contributed by atoms with van der Waals surface area (Å²) in [5, 5.41) is 0. The molecule has 0 aromatic carbocycles. The van der Waals surface area contributed by atoms with Gasteiger partial charge in [-0.2, -0.15) is 0 Å². The van der Waals surface area contributed by atoms with E-state index in [1.54, 1.807) is 42.7 Å². The molecule has 16 heteroatoms. The SMILES string of the molecule is CCC1CC2CC(OC3OCC(OC)C(OC)C3OC)C(C)(C)C(CC(=O)OC(CC)CC3CC(OC4OCC(OC)C(OC)C4OC)C(C)(C)C(CC(=O)O1)O3)O2. The number of hydrogen-bond acceptors (Lipinski definition) is 16. The zero-order valence-electron chi connectivity index (χ0n) is 36.8. The molecule has 16 nitrogen and oxygen atoms in total. The summed E-state index contributed by atoms with van der Waals surface area (Å²) in [5.74, 6) is -0.753. The number of carbonyl (C=O) groups excluding carboxylic acids is 2. The van der Waals surface area contributed by atoms with Gasteiger partial charge in [0.05, 0.1) is 62.7 Å². The fraction of sp³-hybridized carbons (Fsp3) is 0.952. The second-order valence-corrected chi connectivity index (χ2v) is 17.5. The van der Waals surface area contributed by atoms with Crippen LogP contribution in [0.3, 0.4) is 0 Å². The number of hydrogen-bond donors (Lipinski definition) is 0. The lowest BCUT2D eigenvalue weighted by Crippen LogP contribution is -2.60. The number of cyclic esters (lactones) is 2. The van der Waals surface area contributed by atoms with Gasteiger partial charge in [0.2, 0.25) is 0 Å². The number of carbonyl (C=O) groups is 2. The topological polar surface area (TPSA) is 163 Å². The average Bonchev–Trinajstić information content (AvgIpc) is 3.19. The average molecular weight is 833 g/mol. The summed E-state index contributed by atoms with van der Waals surface area (Å²) in [6.07, 6.45) is -5.06. The van der Waals surface area contributed by atoms with Crippen molar-refractivity contribution in [2.24, 2.45) is 10.8 Å². The smallest absolute Gasteiger partial charge is 0.308 e. The number of ether oxygens (including phenoxy) is 14. The first kappa shape index (κ1) is 47.5. The molecule has 0 spiro atoms. The quantitative estimate of drug-likeness (QED) is 0.258. The lowest BCUT2D eigenvalue weighted by Gasteiger charge is -2.51. The molecule has 0 aromatic heterocycles. The maximum absolute atomic E-state index is 13.9. The minimum absolute atomic E-state index is 0.00437. The summed E-state index contributed by atoms with van der Waals surface area (Å²) in [6.45, 7) is 12.6.